The molecule has 0 bridgehead atoms. The molecule has 0 unspecified atom stereocenters. The van der Waals surface area contributed by atoms with Crippen molar-refractivity contribution >= 4 is 23.6 Å². The van der Waals surface area contributed by atoms with E-state index in [1.807, 2.05) is 0 Å². The lowest BCUT2D eigenvalue weighted by molar-refractivity contribution is -0.408. The molecule has 712 valence electrons. The van der Waals surface area contributed by atoms with Crippen molar-refractivity contribution in [3.63, 3.8) is 0 Å². The van der Waals surface area contributed by atoms with Gasteiger partial charge in [0.05, 0.1) is 66.1 Å². The Morgan fingerprint density at radius 3 is 0.894 bits per heavy atom. The first-order chi connectivity index (χ1) is 58.2. The van der Waals surface area contributed by atoms with Crippen molar-refractivity contribution in [1.82, 2.24) is 21.3 Å². The quantitative estimate of drug-likeness (QED) is 0.0297. The SMILES string of the molecule is CC(=O)N[C@@H]1[C@@H](O)[C@H](O[C@@H]2O[C@H](CO)[C@@H](O[C@@H]3O[C@H](CO[C@H]4O[C@H](CO[C@H]5O[C@H](CO)[C@@H](O)[C@H](O)[C@@H]5O)[C@@H](O)[C@H](O[C@H]5O[C@H](CO)[C@@H](O)[C@H](O)[C@@H]5O)[C@@H]4O)[C@@H](O[C@@H]4O[C@H](CO)[C@@H](O)[C@H](O)[C@H]4NC(C)=O)[C@H](O[C@H]4O[C@H](CO)[C@@H](O)[C@H](O)[C@@H]4O[C@@H]4O[C@H](CO)[C@@H](O[C@@H]5O[C@H](CO)[C@H](O)[C@H](O)[C@H]5O)[C@H](O)[C@H]4NC(C)=O)[C@@H]3O)[C@H](O)[C@H]2NC(C)=O)[C@@H](CO)O[C@H]1O. The Morgan fingerprint density at radius 2 is 0.472 bits per heavy atom. The maximum absolute atomic E-state index is 13.3. The molecule has 0 saturated carbocycles. The number of rotatable bonds is 32. The van der Waals surface area contributed by atoms with Crippen LogP contribution in [-0.4, -0.2) is 539 Å². The first-order valence-corrected chi connectivity index (χ1v) is 39.1. The fraction of sp³-hybridized carbons (Fsp3) is 0.941. The van der Waals surface area contributed by atoms with Crippen LogP contribution in [0.3, 0.4) is 0 Å². The Bertz CT molecular complexity index is 3310. The molecular formula is C68H114N4O51. The van der Waals surface area contributed by atoms with Crippen LogP contribution in [0.5, 0.6) is 0 Å². The van der Waals surface area contributed by atoms with Crippen LogP contribution in [0.2, 0.25) is 0 Å². The molecule has 55 nitrogen and oxygen atoms in total. The molecule has 0 aromatic carbocycles. The predicted molar refractivity (Wildman–Crippen MR) is 376 cm³/mol. The summed E-state index contributed by atoms with van der Waals surface area (Å²) in [6.45, 7) is -7.84. The summed E-state index contributed by atoms with van der Waals surface area (Å²) in [6.07, 6.45) is -100. The molecule has 50 atom stereocenters. The smallest absolute Gasteiger partial charge is 0.217 e. The van der Waals surface area contributed by atoms with Crippen molar-refractivity contribution < 1.29 is 252 Å². The molecule has 0 aromatic rings. The lowest BCUT2D eigenvalue weighted by atomic mass is 9.93. The zero-order valence-electron chi connectivity index (χ0n) is 65.9. The molecule has 0 aromatic heterocycles. The minimum atomic E-state index is -2.78. The predicted octanol–water partition coefficient (Wildman–Crippen LogP) is -22.2. The summed E-state index contributed by atoms with van der Waals surface area (Å²) in [5, 5.41) is 323. The van der Waals surface area contributed by atoms with Crippen molar-refractivity contribution in [2.45, 2.75) is 335 Å². The van der Waals surface area contributed by atoms with Gasteiger partial charge in [0, 0.05) is 27.7 Å². The van der Waals surface area contributed by atoms with Gasteiger partial charge in [-0.1, -0.05) is 0 Å². The molecular weight excluding hydrogens is 1690 g/mol. The number of hydrogen-bond donors (Lipinski definition) is 32. The molecule has 55 heteroatoms. The van der Waals surface area contributed by atoms with Crippen molar-refractivity contribution in [3.05, 3.63) is 0 Å². The summed E-state index contributed by atoms with van der Waals surface area (Å²) in [6, 6.07) is -7.83. The largest absolute Gasteiger partial charge is 0.394 e. The van der Waals surface area contributed by atoms with Crippen LogP contribution in [0.4, 0.5) is 0 Å². The lowest BCUT2D eigenvalue weighted by Crippen LogP contribution is -2.71. The Morgan fingerprint density at radius 1 is 0.211 bits per heavy atom. The summed E-state index contributed by atoms with van der Waals surface area (Å²) >= 11 is 0. The highest BCUT2D eigenvalue weighted by atomic mass is 16.8. The summed E-state index contributed by atoms with van der Waals surface area (Å²) in [7, 11) is 0. The van der Waals surface area contributed by atoms with E-state index in [2.05, 4.69) is 21.3 Å². The number of ether oxygens (including phenoxy) is 19. The average molecular weight is 1800 g/mol. The van der Waals surface area contributed by atoms with E-state index in [9.17, 15) is 162 Å². The molecule has 4 amide bonds. The Kier molecular flexibility index (Phi) is 36.4. The van der Waals surface area contributed by atoms with E-state index >= 15 is 0 Å². The minimum absolute atomic E-state index is 0.824. The van der Waals surface area contributed by atoms with Gasteiger partial charge in [0.15, 0.2) is 62.9 Å². The number of aliphatic hydroxyl groups is 28. The van der Waals surface area contributed by atoms with Crippen LogP contribution in [-0.2, 0) is 109 Å². The molecule has 10 fully saturated rings. The van der Waals surface area contributed by atoms with Crippen molar-refractivity contribution in [2.24, 2.45) is 0 Å². The maximum atomic E-state index is 13.3. The standard InChI is InChI=1S/C68H114N4O51/c1-15(81)69-29-40(92)52(24(10-78)107-59(29)104)117-61-31(71-17(3)83)41(93)54(26(12-80)113-61)119-67-51(103)57(122-68-58(46(98)37(89)23(9-77)112-68)123-62-32(72-18(4)84)42(94)53(25(11-79)114-62)118-65-48(100)44(96)35(87)21(7-75)110-65)55(120-60-30(70-16(2)82)39(91)33(85)19(5-73)108-60)28(116-67)14-106-64-50(102)56(121-66-49(101)45(97)36(88)22(8-76)111-66)38(90)27(115-64)13-105-63-47(99)43(95)34(86)20(6-74)109-63/h19-68,73-80,85-104H,5-14H2,1-4H3,(H,69,81)(H,70,82)(H,71,83)(H,72,84)/t19-,20-,21-,22-,23-,24-,25-,26-,27-,28-,29-,30-,31-,32-,33-,34-,35+,36-,37-,38-,39-,40-,41-,42-,43+,44+,45+,46+,47+,48-,49+,50+,51+,52-,53-,54-,55-,56+,57-,58+,59-,60+,61+,62+,63+,64+,65+,66-,67+,68-/m1/s1. The zero-order chi connectivity index (χ0) is 90.5. The Balaban J connectivity index is 1.09. The first-order valence-electron chi connectivity index (χ1n) is 39.1. The van der Waals surface area contributed by atoms with E-state index in [1.165, 1.54) is 0 Å². The fourth-order valence-corrected chi connectivity index (χ4v) is 15.8. The number of carbonyl (C=O) groups is 4. The molecule has 10 rings (SSSR count). The molecule has 10 heterocycles. The summed E-state index contributed by atoms with van der Waals surface area (Å²) in [4.78, 5) is 51.8. The van der Waals surface area contributed by atoms with Crippen molar-refractivity contribution in [1.29, 1.82) is 0 Å². The Hall–Kier alpha value is -4.00. The van der Waals surface area contributed by atoms with E-state index in [4.69, 9.17) is 90.0 Å². The topological polar surface area (TPSA) is 858 Å². The molecule has 0 aliphatic carbocycles. The van der Waals surface area contributed by atoms with Crippen LogP contribution >= 0.6 is 0 Å². The Labute approximate surface area is 695 Å². The highest BCUT2D eigenvalue weighted by Gasteiger charge is 2.62. The summed E-state index contributed by atoms with van der Waals surface area (Å²) < 4.78 is 114. The number of nitrogens with one attached hydrogen (secondary N) is 4. The van der Waals surface area contributed by atoms with E-state index in [0.717, 1.165) is 27.7 Å². The monoisotopic (exact) mass is 1800 g/mol. The summed E-state index contributed by atoms with van der Waals surface area (Å²) in [5.74, 6) is -3.85. The second kappa shape index (κ2) is 44.3. The normalized spacial score (nSPS) is 49.4. The third-order valence-corrected chi connectivity index (χ3v) is 22.5. The summed E-state index contributed by atoms with van der Waals surface area (Å²) in [5.41, 5.74) is 0. The molecule has 10 aliphatic heterocycles. The van der Waals surface area contributed by atoms with E-state index in [1.54, 1.807) is 0 Å². The molecule has 123 heavy (non-hydrogen) atoms. The van der Waals surface area contributed by atoms with Crippen LogP contribution < -0.4 is 21.3 Å². The van der Waals surface area contributed by atoms with Gasteiger partial charge in [-0.15, -0.1) is 0 Å². The molecule has 10 saturated heterocycles. The zero-order valence-corrected chi connectivity index (χ0v) is 65.9. The molecule has 0 radical (unpaired) electrons. The molecule has 10 aliphatic rings. The van der Waals surface area contributed by atoms with Crippen LogP contribution in [0, 0.1) is 0 Å². The van der Waals surface area contributed by atoms with Gasteiger partial charge in [-0.25, -0.2) is 0 Å². The minimum Gasteiger partial charge on any atom is -0.394 e. The van der Waals surface area contributed by atoms with Crippen LogP contribution in [0.25, 0.3) is 0 Å². The third-order valence-electron chi connectivity index (χ3n) is 22.5. The van der Waals surface area contributed by atoms with Gasteiger partial charge in [0.25, 0.3) is 0 Å². The number of aliphatic hydroxyl groups excluding tert-OH is 28. The van der Waals surface area contributed by atoms with E-state index in [-0.39, 0.29) is 0 Å². The van der Waals surface area contributed by atoms with E-state index in [0.29, 0.717) is 0 Å². The second-order valence-electron chi connectivity index (χ2n) is 31.0. The van der Waals surface area contributed by atoms with Crippen LogP contribution in [0.1, 0.15) is 27.7 Å². The first kappa shape index (κ1) is 101. The van der Waals surface area contributed by atoms with E-state index < -0.39 is 397 Å². The lowest BCUT2D eigenvalue weighted by Gasteiger charge is -2.52. The molecule has 32 N–H and O–H groups in total. The third kappa shape index (κ3) is 22.4. The van der Waals surface area contributed by atoms with Gasteiger partial charge in [0.2, 0.25) is 23.6 Å². The maximum Gasteiger partial charge on any atom is 0.217 e. The van der Waals surface area contributed by atoms with Gasteiger partial charge in [-0.3, -0.25) is 19.2 Å². The second-order valence-corrected chi connectivity index (χ2v) is 31.0. The van der Waals surface area contributed by atoms with Gasteiger partial charge < -0.3 is 254 Å². The molecule has 0 spiro atoms. The van der Waals surface area contributed by atoms with Crippen LogP contribution in [0.15, 0.2) is 0 Å². The number of carbonyl (C=O) groups excluding carboxylic acids is 4. The van der Waals surface area contributed by atoms with Crippen molar-refractivity contribution in [3.8, 4) is 0 Å². The van der Waals surface area contributed by atoms with Gasteiger partial charge >= 0.3 is 0 Å². The highest BCUT2D eigenvalue weighted by Crippen LogP contribution is 2.41. The van der Waals surface area contributed by atoms with Crippen molar-refractivity contribution in [2.75, 3.05) is 66.1 Å². The highest BCUT2D eigenvalue weighted by molar-refractivity contribution is 5.74. The average Bonchev–Trinajstić information content (AvgIpc) is 0.756. The van der Waals surface area contributed by atoms with Gasteiger partial charge in [-0.05, 0) is 0 Å². The number of hydrogen-bond acceptors (Lipinski definition) is 51. The fourth-order valence-electron chi connectivity index (χ4n) is 15.8. The van der Waals surface area contributed by atoms with Gasteiger partial charge in [0.1, 0.15) is 244 Å². The number of amides is 4. The van der Waals surface area contributed by atoms with Gasteiger partial charge in [-0.2, -0.15) is 0 Å².